The van der Waals surface area contributed by atoms with Crippen molar-refractivity contribution in [3.8, 4) is 11.9 Å². The Kier molecular flexibility index (Phi) is 4.27. The van der Waals surface area contributed by atoms with E-state index in [1.54, 1.807) is 30.3 Å². The van der Waals surface area contributed by atoms with Gasteiger partial charge in [0.05, 0.1) is 11.7 Å². The molecule has 0 atom stereocenters. The maximum Gasteiger partial charge on any atom is 0.349 e. The number of fused-ring (bicyclic) bond motifs is 2. The van der Waals surface area contributed by atoms with E-state index < -0.39 is 11.5 Å². The highest BCUT2D eigenvalue weighted by atomic mass is 16.4. The molecule has 8 heteroatoms. The quantitative estimate of drug-likeness (QED) is 0.457. The lowest BCUT2D eigenvalue weighted by Gasteiger charge is -2.09. The van der Waals surface area contributed by atoms with Crippen molar-refractivity contribution in [2.75, 3.05) is 5.32 Å². The molecule has 0 radical (unpaired) electrons. The molecule has 31 heavy (non-hydrogen) atoms. The molecule has 0 aliphatic rings. The summed E-state index contributed by atoms with van der Waals surface area (Å²) in [7, 11) is 0. The third-order valence-electron chi connectivity index (χ3n) is 4.81. The Balaban J connectivity index is 1.57. The van der Waals surface area contributed by atoms with Crippen molar-refractivity contribution in [1.82, 2.24) is 14.8 Å². The first-order valence-corrected chi connectivity index (χ1v) is 9.32. The van der Waals surface area contributed by atoms with Gasteiger partial charge in [-0.2, -0.15) is 15.0 Å². The molecule has 3 heterocycles. The summed E-state index contributed by atoms with van der Waals surface area (Å²) in [4.78, 5) is 29.8. The molecule has 0 saturated heterocycles. The number of aromatic nitrogens is 3. The van der Waals surface area contributed by atoms with Crippen LogP contribution in [0.3, 0.4) is 0 Å². The lowest BCUT2D eigenvalue weighted by Crippen LogP contribution is -2.22. The molecule has 2 aromatic carbocycles. The monoisotopic (exact) mass is 407 g/mol. The summed E-state index contributed by atoms with van der Waals surface area (Å²) in [5.41, 5.74) is 0.300. The van der Waals surface area contributed by atoms with Crippen molar-refractivity contribution in [1.29, 1.82) is 5.26 Å². The fraction of sp³-hybridized carbons (Fsp3) is 0. The molecule has 0 unspecified atom stereocenters. The van der Waals surface area contributed by atoms with Gasteiger partial charge in [-0.3, -0.25) is 4.79 Å². The minimum Gasteiger partial charge on any atom is -0.422 e. The van der Waals surface area contributed by atoms with Crippen molar-refractivity contribution < 1.29 is 9.21 Å². The number of carbonyl (C=O) groups excluding carboxylic acids is 1. The Bertz CT molecular complexity index is 1580. The fourth-order valence-electron chi connectivity index (χ4n) is 3.29. The molecule has 0 aliphatic heterocycles. The topological polar surface area (TPSA) is 114 Å². The van der Waals surface area contributed by atoms with E-state index in [0.717, 1.165) is 10.9 Å². The van der Waals surface area contributed by atoms with Crippen LogP contribution in [0.4, 0.5) is 5.82 Å². The van der Waals surface area contributed by atoms with Crippen LogP contribution in [0, 0.1) is 11.3 Å². The van der Waals surface area contributed by atoms with Gasteiger partial charge in [0.2, 0.25) is 0 Å². The molecule has 5 aromatic rings. The molecule has 3 aromatic heterocycles. The number of amides is 1. The van der Waals surface area contributed by atoms with Crippen LogP contribution < -0.4 is 10.9 Å². The first-order valence-electron chi connectivity index (χ1n) is 9.32. The zero-order valence-electron chi connectivity index (χ0n) is 15.9. The summed E-state index contributed by atoms with van der Waals surface area (Å²) in [6.07, 6.45) is 1.33. The van der Waals surface area contributed by atoms with E-state index in [4.69, 9.17) is 4.42 Å². The van der Waals surface area contributed by atoms with Gasteiger partial charge in [0, 0.05) is 10.8 Å². The highest BCUT2D eigenvalue weighted by Crippen LogP contribution is 2.22. The van der Waals surface area contributed by atoms with E-state index in [1.807, 2.05) is 36.4 Å². The van der Waals surface area contributed by atoms with Crippen molar-refractivity contribution >= 4 is 33.6 Å². The average Bonchev–Trinajstić information content (AvgIpc) is 3.20. The van der Waals surface area contributed by atoms with E-state index in [2.05, 4.69) is 15.4 Å². The van der Waals surface area contributed by atoms with Crippen LogP contribution in [0.1, 0.15) is 15.9 Å². The maximum absolute atomic E-state index is 12.9. The molecule has 0 aliphatic carbocycles. The first kappa shape index (κ1) is 18.3. The maximum atomic E-state index is 12.9. The van der Waals surface area contributed by atoms with Gasteiger partial charge in [-0.25, -0.2) is 9.78 Å². The number of rotatable bonds is 3. The Morgan fingerprint density at radius 2 is 1.81 bits per heavy atom. The van der Waals surface area contributed by atoms with E-state index in [-0.39, 0.29) is 16.9 Å². The molecule has 5 rings (SSSR count). The molecule has 148 valence electrons. The lowest BCUT2D eigenvalue weighted by atomic mass is 10.2. The van der Waals surface area contributed by atoms with Gasteiger partial charge >= 0.3 is 5.63 Å². The number of nitrogens with one attached hydrogen (secondary N) is 1. The largest absolute Gasteiger partial charge is 0.422 e. The average molecular weight is 407 g/mol. The van der Waals surface area contributed by atoms with Gasteiger partial charge in [0.15, 0.2) is 11.6 Å². The van der Waals surface area contributed by atoms with E-state index >= 15 is 0 Å². The number of benzene rings is 2. The highest BCUT2D eigenvalue weighted by molar-refractivity contribution is 6.05. The number of carbonyl (C=O) groups is 1. The number of nitriles is 1. The second kappa shape index (κ2) is 7.24. The number of nitrogens with zero attached hydrogens (tertiary/aromatic N) is 4. The summed E-state index contributed by atoms with van der Waals surface area (Å²) in [6, 6.07) is 21.5. The lowest BCUT2D eigenvalue weighted by molar-refractivity contribution is 0.102. The van der Waals surface area contributed by atoms with Crippen LogP contribution >= 0.6 is 0 Å². The fourth-order valence-corrected chi connectivity index (χ4v) is 3.29. The predicted octanol–water partition coefficient (Wildman–Crippen LogP) is 3.65. The first-order chi connectivity index (χ1) is 15.1. The van der Waals surface area contributed by atoms with Crippen LogP contribution in [0.5, 0.6) is 0 Å². The van der Waals surface area contributed by atoms with Gasteiger partial charge in [0.25, 0.3) is 5.91 Å². The van der Waals surface area contributed by atoms with Crippen molar-refractivity contribution in [3.05, 3.63) is 94.5 Å². The predicted molar refractivity (Wildman–Crippen MR) is 114 cm³/mol. The van der Waals surface area contributed by atoms with Crippen LogP contribution in [0.2, 0.25) is 0 Å². The molecule has 0 spiro atoms. The van der Waals surface area contributed by atoms with Crippen molar-refractivity contribution in [2.24, 2.45) is 0 Å². The standard InChI is InChI=1S/C23H13N5O3/c24-12-16-13-25-28(20-10-9-14-5-1-3-7-18(14)26-20)21(16)27-22(29)17-11-15-6-2-4-8-19(15)31-23(17)30/h1-11,13H,(H,27,29). The summed E-state index contributed by atoms with van der Waals surface area (Å²) in [6.45, 7) is 0. The molecule has 0 bridgehead atoms. The number of hydrogen-bond acceptors (Lipinski definition) is 6. The van der Waals surface area contributed by atoms with Gasteiger partial charge in [-0.1, -0.05) is 36.4 Å². The zero-order valence-corrected chi connectivity index (χ0v) is 15.9. The number of anilines is 1. The SMILES string of the molecule is N#Cc1cnn(-c2ccc3ccccc3n2)c1NC(=O)c1cc2ccccc2oc1=O. The molecular weight excluding hydrogens is 394 g/mol. The summed E-state index contributed by atoms with van der Waals surface area (Å²) in [5, 5.41) is 17.8. The number of pyridine rings is 1. The summed E-state index contributed by atoms with van der Waals surface area (Å²) >= 11 is 0. The number of para-hydroxylation sites is 2. The van der Waals surface area contributed by atoms with E-state index in [0.29, 0.717) is 16.8 Å². The zero-order chi connectivity index (χ0) is 21.4. The van der Waals surface area contributed by atoms with Gasteiger partial charge in [-0.15, -0.1) is 0 Å². The molecule has 0 fully saturated rings. The van der Waals surface area contributed by atoms with Gasteiger partial charge < -0.3 is 9.73 Å². The van der Waals surface area contributed by atoms with Gasteiger partial charge in [-0.05, 0) is 30.3 Å². The Morgan fingerprint density at radius 3 is 2.65 bits per heavy atom. The molecule has 1 N–H and O–H groups in total. The Labute approximate surface area is 175 Å². The highest BCUT2D eigenvalue weighted by Gasteiger charge is 2.20. The molecular formula is C23H13N5O3. The number of hydrogen-bond donors (Lipinski definition) is 1. The molecule has 1 amide bonds. The van der Waals surface area contributed by atoms with Crippen molar-refractivity contribution in [2.45, 2.75) is 0 Å². The summed E-state index contributed by atoms with van der Waals surface area (Å²) < 4.78 is 6.59. The van der Waals surface area contributed by atoms with Crippen LogP contribution in [0.25, 0.3) is 27.7 Å². The second-order valence-electron chi connectivity index (χ2n) is 6.73. The minimum absolute atomic E-state index is 0.114. The van der Waals surface area contributed by atoms with Gasteiger partial charge in [0.1, 0.15) is 22.8 Å². The summed E-state index contributed by atoms with van der Waals surface area (Å²) in [5.74, 6) is -0.178. The van der Waals surface area contributed by atoms with Crippen LogP contribution in [-0.4, -0.2) is 20.7 Å². The van der Waals surface area contributed by atoms with E-state index in [1.165, 1.54) is 16.9 Å². The van der Waals surface area contributed by atoms with Crippen molar-refractivity contribution in [3.63, 3.8) is 0 Å². The molecule has 0 saturated carbocycles. The normalized spacial score (nSPS) is 10.8. The van der Waals surface area contributed by atoms with Crippen LogP contribution in [-0.2, 0) is 0 Å². The Morgan fingerprint density at radius 1 is 1.03 bits per heavy atom. The third-order valence-corrected chi connectivity index (χ3v) is 4.81. The third kappa shape index (κ3) is 3.20. The second-order valence-corrected chi connectivity index (χ2v) is 6.73. The minimum atomic E-state index is -0.774. The van der Waals surface area contributed by atoms with Crippen LogP contribution in [0.15, 0.2) is 82.1 Å². The van der Waals surface area contributed by atoms with E-state index in [9.17, 15) is 14.9 Å². The molecule has 8 nitrogen and oxygen atoms in total. The Hall–Kier alpha value is -4.77. The smallest absolute Gasteiger partial charge is 0.349 e.